The fourth-order valence-electron chi connectivity index (χ4n) is 4.69. The van der Waals surface area contributed by atoms with Gasteiger partial charge in [-0.2, -0.15) is 0 Å². The Hall–Kier alpha value is -2.18. The molecule has 2 aromatic heterocycles. The Bertz CT molecular complexity index is 836. The molecule has 1 saturated heterocycles. The van der Waals surface area contributed by atoms with E-state index in [9.17, 15) is 4.79 Å². The van der Waals surface area contributed by atoms with Gasteiger partial charge in [-0.25, -0.2) is 4.98 Å². The number of imidazole rings is 1. The first kappa shape index (κ1) is 15.1. The minimum atomic E-state index is -0.158. The molecule has 3 fully saturated rings. The summed E-state index contributed by atoms with van der Waals surface area (Å²) < 4.78 is 6.08. The SMILES string of the molecule is Cc1nc(C(=O)N2C[C@@H]3CCC[C@]3(c3nnc(C4CC4)o3)C2)c(C)[nH]1. The average molecular weight is 341 g/mol. The molecule has 25 heavy (non-hydrogen) atoms. The van der Waals surface area contributed by atoms with Gasteiger partial charge < -0.3 is 14.3 Å². The highest BCUT2D eigenvalue weighted by atomic mass is 16.4. The summed E-state index contributed by atoms with van der Waals surface area (Å²) in [7, 11) is 0. The second-order valence-electron chi connectivity index (χ2n) is 7.95. The van der Waals surface area contributed by atoms with Crippen molar-refractivity contribution in [2.45, 2.75) is 57.3 Å². The van der Waals surface area contributed by atoms with Gasteiger partial charge in [-0.3, -0.25) is 4.79 Å². The first-order chi connectivity index (χ1) is 12.1. The smallest absolute Gasteiger partial charge is 0.274 e. The molecule has 7 heteroatoms. The Morgan fingerprint density at radius 3 is 2.84 bits per heavy atom. The van der Waals surface area contributed by atoms with E-state index in [0.717, 1.165) is 61.9 Å². The summed E-state index contributed by atoms with van der Waals surface area (Å²) in [6.07, 6.45) is 5.60. The minimum Gasteiger partial charge on any atom is -0.424 e. The van der Waals surface area contributed by atoms with Gasteiger partial charge in [0.15, 0.2) is 0 Å². The Morgan fingerprint density at radius 2 is 2.12 bits per heavy atom. The van der Waals surface area contributed by atoms with Crippen LogP contribution in [0, 0.1) is 19.8 Å². The van der Waals surface area contributed by atoms with E-state index in [1.807, 2.05) is 18.7 Å². The third kappa shape index (κ3) is 2.24. The summed E-state index contributed by atoms with van der Waals surface area (Å²) >= 11 is 0. The largest absolute Gasteiger partial charge is 0.424 e. The molecule has 1 N–H and O–H groups in total. The second-order valence-corrected chi connectivity index (χ2v) is 7.95. The van der Waals surface area contributed by atoms with Crippen molar-refractivity contribution in [2.24, 2.45) is 5.92 Å². The molecule has 0 bridgehead atoms. The third-order valence-corrected chi connectivity index (χ3v) is 6.16. The normalized spacial score (nSPS) is 28.6. The molecule has 1 aliphatic heterocycles. The molecule has 2 saturated carbocycles. The maximum absolute atomic E-state index is 13.0. The van der Waals surface area contributed by atoms with Crippen molar-refractivity contribution in [2.75, 3.05) is 13.1 Å². The highest BCUT2D eigenvalue weighted by Crippen LogP contribution is 2.51. The topological polar surface area (TPSA) is 87.9 Å². The fraction of sp³-hybridized carbons (Fsp3) is 0.667. The predicted molar refractivity (Wildman–Crippen MR) is 89.3 cm³/mol. The Balaban J connectivity index is 1.44. The number of hydrogen-bond acceptors (Lipinski definition) is 5. The van der Waals surface area contributed by atoms with Gasteiger partial charge in [-0.1, -0.05) is 6.42 Å². The number of aryl methyl sites for hydroxylation is 2. The molecule has 132 valence electrons. The summed E-state index contributed by atoms with van der Waals surface area (Å²) in [4.78, 5) is 22.4. The van der Waals surface area contributed by atoms with Crippen LogP contribution in [0.25, 0.3) is 0 Å². The average Bonchev–Trinajstić information content (AvgIpc) is 2.94. The summed E-state index contributed by atoms with van der Waals surface area (Å²) in [5.41, 5.74) is 1.22. The fourth-order valence-corrected chi connectivity index (χ4v) is 4.69. The Morgan fingerprint density at radius 1 is 1.28 bits per heavy atom. The van der Waals surface area contributed by atoms with Gasteiger partial charge in [0, 0.05) is 24.7 Å². The molecular formula is C18H23N5O2. The number of amides is 1. The van der Waals surface area contributed by atoms with Crippen LogP contribution >= 0.6 is 0 Å². The molecule has 5 rings (SSSR count). The van der Waals surface area contributed by atoms with E-state index in [0.29, 0.717) is 24.1 Å². The maximum atomic E-state index is 13.0. The van der Waals surface area contributed by atoms with Gasteiger partial charge in [-0.15, -0.1) is 10.2 Å². The lowest BCUT2D eigenvalue weighted by Crippen LogP contribution is -2.35. The molecule has 0 spiro atoms. The highest BCUT2D eigenvalue weighted by molar-refractivity contribution is 5.93. The lowest BCUT2D eigenvalue weighted by Gasteiger charge is -2.24. The van der Waals surface area contributed by atoms with E-state index < -0.39 is 0 Å². The summed E-state index contributed by atoms with van der Waals surface area (Å²) in [5.74, 6) is 3.20. The molecule has 0 radical (unpaired) electrons. The predicted octanol–water partition coefficient (Wildman–Crippen LogP) is 2.48. The number of fused-ring (bicyclic) bond motifs is 1. The van der Waals surface area contributed by atoms with Crippen LogP contribution in [0.2, 0.25) is 0 Å². The van der Waals surface area contributed by atoms with Gasteiger partial charge >= 0.3 is 0 Å². The Labute approximate surface area is 146 Å². The number of nitrogens with one attached hydrogen (secondary N) is 1. The molecule has 1 amide bonds. The molecule has 0 aromatic carbocycles. The number of rotatable bonds is 3. The zero-order valence-corrected chi connectivity index (χ0v) is 14.7. The second kappa shape index (κ2) is 5.16. The van der Waals surface area contributed by atoms with Crippen molar-refractivity contribution in [3.05, 3.63) is 29.0 Å². The van der Waals surface area contributed by atoms with Crippen molar-refractivity contribution < 1.29 is 9.21 Å². The minimum absolute atomic E-state index is 0.0116. The molecule has 7 nitrogen and oxygen atoms in total. The molecule has 2 atom stereocenters. The van der Waals surface area contributed by atoms with E-state index in [1.54, 1.807) is 0 Å². The summed E-state index contributed by atoms with van der Waals surface area (Å²) in [6, 6.07) is 0. The zero-order chi connectivity index (χ0) is 17.2. The Kier molecular flexibility index (Phi) is 3.12. The molecule has 3 aliphatic rings. The van der Waals surface area contributed by atoms with Crippen molar-refractivity contribution >= 4 is 5.91 Å². The van der Waals surface area contributed by atoms with E-state index in [-0.39, 0.29) is 11.3 Å². The lowest BCUT2D eigenvalue weighted by molar-refractivity contribution is 0.0769. The van der Waals surface area contributed by atoms with Gasteiger partial charge in [-0.05, 0) is 45.4 Å². The number of likely N-dealkylation sites (tertiary alicyclic amines) is 1. The van der Waals surface area contributed by atoms with Gasteiger partial charge in [0.05, 0.1) is 5.41 Å². The van der Waals surface area contributed by atoms with Crippen LogP contribution in [0.15, 0.2) is 4.42 Å². The van der Waals surface area contributed by atoms with Gasteiger partial charge in [0.1, 0.15) is 11.5 Å². The van der Waals surface area contributed by atoms with Crippen molar-refractivity contribution in [3.63, 3.8) is 0 Å². The van der Waals surface area contributed by atoms with Crippen LogP contribution in [0.4, 0.5) is 0 Å². The van der Waals surface area contributed by atoms with E-state index in [4.69, 9.17) is 4.42 Å². The quantitative estimate of drug-likeness (QED) is 0.926. The molecular weight excluding hydrogens is 318 g/mol. The third-order valence-electron chi connectivity index (χ3n) is 6.16. The van der Waals surface area contributed by atoms with Crippen molar-refractivity contribution in [1.82, 2.24) is 25.1 Å². The number of carbonyl (C=O) groups excluding carboxylic acids is 1. The van der Waals surface area contributed by atoms with Crippen LogP contribution in [-0.2, 0) is 5.41 Å². The number of hydrogen-bond donors (Lipinski definition) is 1. The first-order valence-electron chi connectivity index (χ1n) is 9.23. The van der Waals surface area contributed by atoms with Crippen molar-refractivity contribution in [3.8, 4) is 0 Å². The molecule has 0 unspecified atom stereocenters. The lowest BCUT2D eigenvalue weighted by atomic mass is 9.80. The molecule has 3 heterocycles. The maximum Gasteiger partial charge on any atom is 0.274 e. The van der Waals surface area contributed by atoms with Crippen LogP contribution < -0.4 is 0 Å². The number of nitrogens with zero attached hydrogens (tertiary/aromatic N) is 4. The van der Waals surface area contributed by atoms with Gasteiger partial charge in [0.2, 0.25) is 11.8 Å². The zero-order valence-electron chi connectivity index (χ0n) is 14.7. The number of carbonyl (C=O) groups is 1. The first-order valence-corrected chi connectivity index (χ1v) is 9.23. The van der Waals surface area contributed by atoms with Crippen LogP contribution in [0.5, 0.6) is 0 Å². The summed E-state index contributed by atoms with van der Waals surface area (Å²) in [5, 5.41) is 8.69. The van der Waals surface area contributed by atoms with Gasteiger partial charge in [0.25, 0.3) is 5.91 Å². The van der Waals surface area contributed by atoms with Crippen LogP contribution in [0.1, 0.15) is 71.8 Å². The van der Waals surface area contributed by atoms with E-state index in [2.05, 4.69) is 20.2 Å². The van der Waals surface area contributed by atoms with E-state index >= 15 is 0 Å². The van der Waals surface area contributed by atoms with E-state index in [1.165, 1.54) is 0 Å². The highest BCUT2D eigenvalue weighted by Gasteiger charge is 2.55. The monoisotopic (exact) mass is 341 g/mol. The van der Waals surface area contributed by atoms with Crippen molar-refractivity contribution in [1.29, 1.82) is 0 Å². The molecule has 2 aromatic rings. The van der Waals surface area contributed by atoms with Crippen LogP contribution in [0.3, 0.4) is 0 Å². The van der Waals surface area contributed by atoms with Crippen LogP contribution in [-0.4, -0.2) is 44.1 Å². The molecule has 2 aliphatic carbocycles. The standard InChI is InChI=1S/C18H23N5O2/c1-10-14(20-11(2)19-10)16(24)23-8-13-4-3-7-18(13,9-23)17-22-21-15(25-17)12-5-6-12/h12-13H,3-9H2,1-2H3,(H,19,20)/t13-,18-/m0/s1. The number of aromatic nitrogens is 4. The number of aromatic amines is 1. The number of H-pyrrole nitrogens is 1. The summed E-state index contributed by atoms with van der Waals surface area (Å²) in [6.45, 7) is 5.20.